The van der Waals surface area contributed by atoms with Crippen molar-refractivity contribution in [3.8, 4) is 0 Å². The molecule has 0 aromatic carbocycles. The quantitative estimate of drug-likeness (QED) is 0.623. The van der Waals surface area contributed by atoms with Crippen molar-refractivity contribution < 1.29 is 28.1 Å². The van der Waals surface area contributed by atoms with Crippen molar-refractivity contribution in [1.29, 1.82) is 0 Å². The van der Waals surface area contributed by atoms with Crippen molar-refractivity contribution in [2.45, 2.75) is 24.5 Å². The highest BCUT2D eigenvalue weighted by Gasteiger charge is 2.55. The minimum atomic E-state index is -4.61. The third-order valence-corrected chi connectivity index (χ3v) is 1.99. The fourth-order valence-corrected chi connectivity index (χ4v) is 1.32. The van der Waals surface area contributed by atoms with Crippen LogP contribution in [0, 0.1) is 12.8 Å². The average Bonchev–Trinajstić information content (AvgIpc) is 2.24. The number of hydrogen-bond donors (Lipinski definition) is 2. The predicted molar refractivity (Wildman–Crippen MR) is 35.6 cm³/mol. The average molecular weight is 198 g/mol. The van der Waals surface area contributed by atoms with Crippen LogP contribution in [0.3, 0.4) is 0 Å². The molecule has 1 saturated heterocycles. The van der Waals surface area contributed by atoms with Crippen molar-refractivity contribution in [2.75, 3.05) is 6.61 Å². The van der Waals surface area contributed by atoms with E-state index in [0.29, 0.717) is 0 Å². The van der Waals surface area contributed by atoms with Gasteiger partial charge in [0.15, 0.2) is 0 Å². The van der Waals surface area contributed by atoms with E-state index in [1.165, 1.54) is 0 Å². The molecule has 76 valence electrons. The Morgan fingerprint density at radius 2 is 1.92 bits per heavy atom. The van der Waals surface area contributed by atoms with E-state index in [2.05, 4.69) is 4.74 Å². The molecule has 4 atom stereocenters. The second-order valence-electron chi connectivity index (χ2n) is 2.88. The zero-order valence-corrected chi connectivity index (χ0v) is 6.53. The molecule has 1 fully saturated rings. The van der Waals surface area contributed by atoms with Crippen molar-refractivity contribution in [2.24, 2.45) is 5.92 Å². The van der Waals surface area contributed by atoms with Crippen molar-refractivity contribution in [1.82, 2.24) is 0 Å². The number of aliphatic hydroxyl groups is 2. The Bertz CT molecular complexity index is 182. The van der Waals surface area contributed by atoms with Gasteiger partial charge in [0.1, 0.15) is 12.0 Å². The summed E-state index contributed by atoms with van der Waals surface area (Å²) in [5, 5.41) is 17.6. The highest BCUT2D eigenvalue weighted by atomic mass is 19.4. The SMILES string of the molecule is [CH][C@@H]1O[C@H](CO)[C@H](O)C1C(F)(F)F. The Labute approximate surface area is 73.1 Å². The van der Waals surface area contributed by atoms with Gasteiger partial charge in [-0.1, -0.05) is 0 Å². The van der Waals surface area contributed by atoms with Crippen LogP contribution in [0.15, 0.2) is 0 Å². The summed E-state index contributed by atoms with van der Waals surface area (Å²) < 4.78 is 41.0. The molecule has 2 N–H and O–H groups in total. The summed E-state index contributed by atoms with van der Waals surface area (Å²) in [5.41, 5.74) is 0. The largest absolute Gasteiger partial charge is 0.396 e. The van der Waals surface area contributed by atoms with Crippen LogP contribution < -0.4 is 0 Å². The number of aliphatic hydroxyl groups excluding tert-OH is 2. The fourth-order valence-electron chi connectivity index (χ4n) is 1.32. The zero-order chi connectivity index (χ0) is 10.2. The number of alkyl halides is 3. The number of rotatable bonds is 1. The summed E-state index contributed by atoms with van der Waals surface area (Å²) in [6, 6.07) is 0. The lowest BCUT2D eigenvalue weighted by Crippen LogP contribution is -2.39. The molecule has 0 spiro atoms. The van der Waals surface area contributed by atoms with Crippen LogP contribution in [0.2, 0.25) is 0 Å². The molecule has 0 aromatic rings. The van der Waals surface area contributed by atoms with Gasteiger partial charge in [0, 0.05) is 0 Å². The molecule has 1 rings (SSSR count). The molecular formula is C7H9F3O3. The normalized spacial score (nSPS) is 41.1. The molecule has 1 unspecified atom stereocenters. The summed E-state index contributed by atoms with van der Waals surface area (Å²) in [6.07, 6.45) is -9.25. The van der Waals surface area contributed by atoms with E-state index in [9.17, 15) is 13.2 Å². The molecule has 0 saturated carbocycles. The maximum Gasteiger partial charge on any atom is 0.396 e. The van der Waals surface area contributed by atoms with Gasteiger partial charge in [-0.15, -0.1) is 0 Å². The summed E-state index contributed by atoms with van der Waals surface area (Å²) in [7, 11) is 0. The Balaban J connectivity index is 2.76. The summed E-state index contributed by atoms with van der Waals surface area (Å²) >= 11 is 0. The lowest BCUT2D eigenvalue weighted by molar-refractivity contribution is -0.197. The lowest BCUT2D eigenvalue weighted by atomic mass is 9.97. The molecule has 1 aliphatic rings. The van der Waals surface area contributed by atoms with Crippen LogP contribution in [0.25, 0.3) is 0 Å². The number of hydrogen-bond acceptors (Lipinski definition) is 3. The van der Waals surface area contributed by atoms with E-state index >= 15 is 0 Å². The molecule has 1 heterocycles. The molecule has 2 radical (unpaired) electrons. The predicted octanol–water partition coefficient (Wildman–Crippen LogP) is -0.00341. The summed E-state index contributed by atoms with van der Waals surface area (Å²) in [5.74, 6) is -2.12. The molecular weight excluding hydrogens is 189 g/mol. The summed E-state index contributed by atoms with van der Waals surface area (Å²) in [4.78, 5) is 0. The van der Waals surface area contributed by atoms with E-state index in [-0.39, 0.29) is 0 Å². The topological polar surface area (TPSA) is 49.7 Å². The first kappa shape index (κ1) is 10.7. The van der Waals surface area contributed by atoms with Gasteiger partial charge in [0.2, 0.25) is 0 Å². The molecule has 0 aliphatic carbocycles. The third kappa shape index (κ3) is 1.95. The maximum atomic E-state index is 12.2. The van der Waals surface area contributed by atoms with Crippen LogP contribution in [0.5, 0.6) is 0 Å². The molecule has 0 aromatic heterocycles. The minimum absolute atomic E-state index is 0.679. The Morgan fingerprint density at radius 1 is 1.38 bits per heavy atom. The molecule has 1 aliphatic heterocycles. The van der Waals surface area contributed by atoms with Crippen molar-refractivity contribution in [3.05, 3.63) is 6.92 Å². The minimum Gasteiger partial charge on any atom is -0.394 e. The van der Waals surface area contributed by atoms with Gasteiger partial charge < -0.3 is 14.9 Å². The van der Waals surface area contributed by atoms with Crippen molar-refractivity contribution in [3.63, 3.8) is 0 Å². The van der Waals surface area contributed by atoms with Crippen LogP contribution in [-0.4, -0.2) is 41.3 Å². The first-order valence-corrected chi connectivity index (χ1v) is 3.64. The highest BCUT2D eigenvalue weighted by molar-refractivity contribution is 4.95. The van der Waals surface area contributed by atoms with E-state index in [1.54, 1.807) is 0 Å². The first-order valence-electron chi connectivity index (χ1n) is 3.64. The Kier molecular flexibility index (Phi) is 2.84. The third-order valence-electron chi connectivity index (χ3n) is 1.99. The summed E-state index contributed by atoms with van der Waals surface area (Å²) in [6.45, 7) is 4.33. The second kappa shape index (κ2) is 3.43. The Hall–Kier alpha value is -0.330. The highest BCUT2D eigenvalue weighted by Crippen LogP contribution is 2.39. The van der Waals surface area contributed by atoms with Gasteiger partial charge in [-0.05, 0) is 6.92 Å². The van der Waals surface area contributed by atoms with Gasteiger partial charge in [0.05, 0.1) is 18.8 Å². The van der Waals surface area contributed by atoms with Crippen LogP contribution >= 0.6 is 0 Å². The number of halogens is 3. The van der Waals surface area contributed by atoms with Gasteiger partial charge in [-0.3, -0.25) is 0 Å². The van der Waals surface area contributed by atoms with E-state index in [0.717, 1.165) is 0 Å². The van der Waals surface area contributed by atoms with Crippen molar-refractivity contribution >= 4 is 0 Å². The lowest BCUT2D eigenvalue weighted by Gasteiger charge is -2.20. The monoisotopic (exact) mass is 198 g/mol. The standard InChI is InChI=1S/C7H9F3O3/c1-3-5(7(8,9)10)6(12)4(2-11)13-3/h1,3-6,11-12H,2H2/t3-,4+,5?,6-/m0/s1. The van der Waals surface area contributed by atoms with Gasteiger partial charge >= 0.3 is 6.18 Å². The van der Waals surface area contributed by atoms with E-state index < -0.39 is 37.0 Å². The van der Waals surface area contributed by atoms with Gasteiger partial charge in [-0.25, -0.2) is 0 Å². The molecule has 3 nitrogen and oxygen atoms in total. The molecule has 0 bridgehead atoms. The zero-order valence-electron chi connectivity index (χ0n) is 6.53. The van der Waals surface area contributed by atoms with Gasteiger partial charge in [0.25, 0.3) is 0 Å². The first-order chi connectivity index (χ1) is 5.88. The smallest absolute Gasteiger partial charge is 0.394 e. The van der Waals surface area contributed by atoms with E-state index in [4.69, 9.17) is 17.1 Å². The maximum absolute atomic E-state index is 12.2. The van der Waals surface area contributed by atoms with Crippen LogP contribution in [0.1, 0.15) is 0 Å². The van der Waals surface area contributed by atoms with Crippen LogP contribution in [0.4, 0.5) is 13.2 Å². The fraction of sp³-hybridized carbons (Fsp3) is 0.857. The Morgan fingerprint density at radius 3 is 2.15 bits per heavy atom. The molecule has 13 heavy (non-hydrogen) atoms. The van der Waals surface area contributed by atoms with Crippen LogP contribution in [-0.2, 0) is 4.74 Å². The second-order valence-corrected chi connectivity index (χ2v) is 2.88. The molecule has 0 amide bonds. The number of ether oxygens (including phenoxy) is 1. The van der Waals surface area contributed by atoms with Gasteiger partial charge in [-0.2, -0.15) is 13.2 Å². The van der Waals surface area contributed by atoms with E-state index in [1.807, 2.05) is 0 Å². The molecule has 6 heteroatoms.